The third-order valence-corrected chi connectivity index (χ3v) is 4.66. The Bertz CT molecular complexity index is 798. The molecule has 0 saturated carbocycles. The van der Waals surface area contributed by atoms with Crippen molar-refractivity contribution in [3.8, 4) is 11.1 Å². The highest BCUT2D eigenvalue weighted by atomic mass is 35.5. The lowest BCUT2D eigenvalue weighted by Crippen LogP contribution is -2.03. The number of benzene rings is 2. The van der Waals surface area contributed by atoms with E-state index in [9.17, 15) is 5.11 Å². The maximum atomic E-state index is 10.5. The molecule has 0 spiro atoms. The average Bonchev–Trinajstić information content (AvgIpc) is 3.01. The predicted molar refractivity (Wildman–Crippen MR) is 98.6 cm³/mol. The van der Waals surface area contributed by atoms with Crippen LogP contribution in [-0.4, -0.2) is 17.9 Å². The quantitative estimate of drug-likeness (QED) is 0.634. The molecule has 3 rings (SSSR count). The van der Waals surface area contributed by atoms with E-state index in [1.807, 2.05) is 66.7 Å². The van der Waals surface area contributed by atoms with Gasteiger partial charge < -0.3 is 5.11 Å². The number of thiophene rings is 1. The van der Waals surface area contributed by atoms with Crippen LogP contribution in [0.2, 0.25) is 4.34 Å². The summed E-state index contributed by atoms with van der Waals surface area (Å²) in [6.07, 6.45) is 1.11. The number of aliphatic hydroxyl groups excluding tert-OH is 1. The van der Waals surface area contributed by atoms with Gasteiger partial charge >= 0.3 is 0 Å². The predicted octanol–water partition coefficient (Wildman–Crippen LogP) is 5.22. The van der Waals surface area contributed by atoms with Gasteiger partial charge in [0.05, 0.1) is 17.0 Å². The maximum absolute atomic E-state index is 10.5. The molecule has 23 heavy (non-hydrogen) atoms. The molecule has 0 aliphatic rings. The fourth-order valence-corrected chi connectivity index (χ4v) is 3.36. The highest BCUT2D eigenvalue weighted by molar-refractivity contribution is 7.17. The van der Waals surface area contributed by atoms with Crippen LogP contribution < -0.4 is 0 Å². The Balaban J connectivity index is 1.77. The zero-order valence-electron chi connectivity index (χ0n) is 12.4. The summed E-state index contributed by atoms with van der Waals surface area (Å²) in [5.74, 6) is 0. The highest BCUT2D eigenvalue weighted by Crippen LogP contribution is 2.28. The molecule has 1 aromatic heterocycles. The van der Waals surface area contributed by atoms with Gasteiger partial charge in [-0.15, -0.1) is 11.3 Å². The molecule has 0 fully saturated rings. The van der Waals surface area contributed by atoms with E-state index in [4.69, 9.17) is 11.6 Å². The second-order valence-electron chi connectivity index (χ2n) is 5.11. The van der Waals surface area contributed by atoms with Crippen molar-refractivity contribution in [3.05, 3.63) is 81.5 Å². The molecule has 0 amide bonds. The summed E-state index contributed by atoms with van der Waals surface area (Å²) < 4.78 is 0.737. The van der Waals surface area contributed by atoms with Crippen LogP contribution in [0.25, 0.3) is 11.1 Å². The first-order valence-electron chi connectivity index (χ1n) is 7.31. The number of halogens is 1. The summed E-state index contributed by atoms with van der Waals surface area (Å²) in [4.78, 5) is 5.33. The molecule has 0 saturated heterocycles. The average molecular weight is 342 g/mol. The minimum Gasteiger partial charge on any atom is -0.386 e. The van der Waals surface area contributed by atoms with Crippen molar-refractivity contribution in [2.75, 3.05) is 6.54 Å². The molecule has 1 N–H and O–H groups in total. The zero-order chi connectivity index (χ0) is 16.1. The molecular formula is C19H16ClNOS. The molecule has 0 bridgehead atoms. The monoisotopic (exact) mass is 341 g/mol. The lowest BCUT2D eigenvalue weighted by atomic mass is 9.96. The molecule has 3 aromatic rings. The van der Waals surface area contributed by atoms with E-state index in [0.29, 0.717) is 6.54 Å². The van der Waals surface area contributed by atoms with E-state index >= 15 is 0 Å². The fraction of sp³-hybridized carbons (Fsp3) is 0.105. The van der Waals surface area contributed by atoms with Gasteiger partial charge in [-0.3, -0.25) is 4.99 Å². The van der Waals surface area contributed by atoms with E-state index in [1.54, 1.807) is 6.21 Å². The number of nitrogens with zero attached hydrogens (tertiary/aromatic N) is 1. The number of hydrogen-bond acceptors (Lipinski definition) is 3. The molecule has 0 aliphatic heterocycles. The second-order valence-corrected chi connectivity index (χ2v) is 6.85. The van der Waals surface area contributed by atoms with Crippen molar-refractivity contribution >= 4 is 29.2 Å². The molecule has 0 radical (unpaired) electrons. The number of rotatable bonds is 5. The second kappa shape index (κ2) is 7.55. The van der Waals surface area contributed by atoms with E-state index in [1.165, 1.54) is 11.3 Å². The summed E-state index contributed by atoms with van der Waals surface area (Å²) in [6, 6.07) is 21.7. The van der Waals surface area contributed by atoms with E-state index in [0.717, 1.165) is 25.9 Å². The van der Waals surface area contributed by atoms with Crippen molar-refractivity contribution in [1.82, 2.24) is 0 Å². The lowest BCUT2D eigenvalue weighted by molar-refractivity contribution is 0.188. The van der Waals surface area contributed by atoms with Gasteiger partial charge in [0.25, 0.3) is 0 Å². The smallest absolute Gasteiger partial charge is 0.0991 e. The number of aliphatic hydroxyl groups is 1. The third-order valence-electron chi connectivity index (χ3n) is 3.50. The summed E-state index contributed by atoms with van der Waals surface area (Å²) in [6.45, 7) is 0.319. The van der Waals surface area contributed by atoms with Crippen LogP contribution in [0.5, 0.6) is 0 Å². The highest BCUT2D eigenvalue weighted by Gasteiger charge is 2.12. The summed E-state index contributed by atoms with van der Waals surface area (Å²) in [5, 5.41) is 10.5. The van der Waals surface area contributed by atoms with Crippen molar-refractivity contribution in [2.45, 2.75) is 6.10 Å². The Morgan fingerprint density at radius 3 is 2.48 bits per heavy atom. The van der Waals surface area contributed by atoms with Gasteiger partial charge in [0, 0.05) is 11.1 Å². The first-order chi connectivity index (χ1) is 11.2. The molecule has 2 nitrogen and oxygen atoms in total. The van der Waals surface area contributed by atoms with Crippen LogP contribution in [0.4, 0.5) is 0 Å². The summed E-state index contributed by atoms with van der Waals surface area (Å²) in [7, 11) is 0. The van der Waals surface area contributed by atoms with Gasteiger partial charge in [-0.2, -0.15) is 0 Å². The Kier molecular flexibility index (Phi) is 5.23. The molecule has 116 valence electrons. The molecular weight excluding hydrogens is 326 g/mol. The Hall–Kier alpha value is -1.94. The van der Waals surface area contributed by atoms with Crippen LogP contribution in [-0.2, 0) is 0 Å². The maximum Gasteiger partial charge on any atom is 0.0991 e. The Morgan fingerprint density at radius 2 is 1.74 bits per heavy atom. The van der Waals surface area contributed by atoms with Gasteiger partial charge in [-0.05, 0) is 28.8 Å². The standard InChI is InChI=1S/C19H16ClNOS/c20-19-11-10-15(23-19)12-21-13-18(22)17-9-5-4-8-16(17)14-6-2-1-3-7-14/h1-12,18,22H,13H2. The molecule has 1 unspecified atom stereocenters. The van der Waals surface area contributed by atoms with Crippen molar-refractivity contribution < 1.29 is 5.11 Å². The van der Waals surface area contributed by atoms with Crippen molar-refractivity contribution in [3.63, 3.8) is 0 Å². The molecule has 2 aromatic carbocycles. The normalized spacial score (nSPS) is 12.6. The van der Waals surface area contributed by atoms with Gasteiger partial charge in [0.15, 0.2) is 0 Å². The zero-order valence-corrected chi connectivity index (χ0v) is 14.0. The van der Waals surface area contributed by atoms with Gasteiger partial charge in [0.1, 0.15) is 0 Å². The van der Waals surface area contributed by atoms with Crippen molar-refractivity contribution in [1.29, 1.82) is 0 Å². The minimum atomic E-state index is -0.641. The SMILES string of the molecule is OC(CN=Cc1ccc(Cl)s1)c1ccccc1-c1ccccc1. The van der Waals surface area contributed by atoms with Crippen LogP contribution in [0.1, 0.15) is 16.5 Å². The van der Waals surface area contributed by atoms with E-state index < -0.39 is 6.10 Å². The lowest BCUT2D eigenvalue weighted by Gasteiger charge is -2.14. The Morgan fingerprint density at radius 1 is 1.00 bits per heavy atom. The fourth-order valence-electron chi connectivity index (χ4n) is 2.41. The largest absolute Gasteiger partial charge is 0.386 e. The topological polar surface area (TPSA) is 32.6 Å². The first kappa shape index (κ1) is 15.9. The van der Waals surface area contributed by atoms with E-state index in [2.05, 4.69) is 4.99 Å². The molecule has 0 aliphatic carbocycles. The van der Waals surface area contributed by atoms with Gasteiger partial charge in [0.2, 0.25) is 0 Å². The molecule has 1 atom stereocenters. The Labute approximate surface area is 144 Å². The van der Waals surface area contributed by atoms with Gasteiger partial charge in [-0.1, -0.05) is 66.2 Å². The van der Waals surface area contributed by atoms with Crippen LogP contribution in [0, 0.1) is 0 Å². The summed E-state index contributed by atoms with van der Waals surface area (Å²) in [5.41, 5.74) is 3.02. The number of hydrogen-bond donors (Lipinski definition) is 1. The summed E-state index contributed by atoms with van der Waals surface area (Å²) >= 11 is 7.36. The molecule has 4 heteroatoms. The van der Waals surface area contributed by atoms with Crippen LogP contribution >= 0.6 is 22.9 Å². The van der Waals surface area contributed by atoms with Crippen LogP contribution in [0.15, 0.2) is 71.7 Å². The first-order valence-corrected chi connectivity index (χ1v) is 8.51. The van der Waals surface area contributed by atoms with E-state index in [-0.39, 0.29) is 0 Å². The van der Waals surface area contributed by atoms with Crippen molar-refractivity contribution in [2.24, 2.45) is 4.99 Å². The number of aliphatic imine (C=N–C) groups is 1. The molecule has 1 heterocycles. The van der Waals surface area contributed by atoms with Gasteiger partial charge in [-0.25, -0.2) is 0 Å². The van der Waals surface area contributed by atoms with Crippen LogP contribution in [0.3, 0.4) is 0 Å². The third kappa shape index (κ3) is 4.08. The minimum absolute atomic E-state index is 0.319.